The van der Waals surface area contributed by atoms with Crippen LogP contribution in [0.2, 0.25) is 0 Å². The lowest BCUT2D eigenvalue weighted by Gasteiger charge is -2.12. The third-order valence-corrected chi connectivity index (χ3v) is 5.20. The van der Waals surface area contributed by atoms with E-state index in [9.17, 15) is 0 Å². The minimum absolute atomic E-state index is 0.595. The summed E-state index contributed by atoms with van der Waals surface area (Å²) in [6.45, 7) is 5.55. The minimum atomic E-state index is 0.595. The molecule has 7 nitrogen and oxygen atoms in total. The predicted molar refractivity (Wildman–Crippen MR) is 114 cm³/mol. The Balaban J connectivity index is 1.48. The first-order valence-corrected chi connectivity index (χ1v) is 9.93. The molecule has 1 atom stereocenters. The zero-order valence-corrected chi connectivity index (χ0v) is 17.6. The molecule has 0 saturated carbocycles. The van der Waals surface area contributed by atoms with E-state index in [1.54, 1.807) is 9.36 Å². The van der Waals surface area contributed by atoms with E-state index in [-0.39, 0.29) is 0 Å². The number of benzene rings is 2. The van der Waals surface area contributed by atoms with Crippen molar-refractivity contribution in [2.45, 2.75) is 27.1 Å². The number of hydrogen-bond acceptors (Lipinski definition) is 4. The first kappa shape index (κ1) is 19.2. The van der Waals surface area contributed by atoms with Gasteiger partial charge in [-0.2, -0.15) is 14.5 Å². The van der Waals surface area contributed by atoms with Gasteiger partial charge in [0.05, 0.1) is 24.6 Å². The maximum absolute atomic E-state index is 5.63. The van der Waals surface area contributed by atoms with E-state index in [4.69, 9.17) is 12.2 Å². The summed E-state index contributed by atoms with van der Waals surface area (Å²) in [5.41, 5.74) is 5.46. The first-order valence-electron chi connectivity index (χ1n) is 9.52. The maximum Gasteiger partial charge on any atom is 0.225 e. The number of rotatable bonds is 6. The highest BCUT2D eigenvalue weighted by Gasteiger charge is 2.13. The van der Waals surface area contributed by atoms with E-state index in [2.05, 4.69) is 60.8 Å². The Labute approximate surface area is 174 Å². The molecule has 2 aromatic heterocycles. The van der Waals surface area contributed by atoms with Crippen molar-refractivity contribution in [1.82, 2.24) is 29.6 Å². The first-order chi connectivity index (χ1) is 14.0. The maximum atomic E-state index is 5.63. The second kappa shape index (κ2) is 8.10. The Hall–Kier alpha value is -3.10. The number of nitrogens with one attached hydrogen (secondary N) is 1. The summed E-state index contributed by atoms with van der Waals surface area (Å²) in [6.07, 6.45) is 3.97. The van der Waals surface area contributed by atoms with Gasteiger partial charge in [0.2, 0.25) is 4.77 Å². The average Bonchev–Trinajstić information content (AvgIpc) is 3.32. The van der Waals surface area contributed by atoms with Crippen molar-refractivity contribution in [2.24, 2.45) is 0 Å². The van der Waals surface area contributed by atoms with Crippen LogP contribution in [0.3, 0.4) is 0 Å². The van der Waals surface area contributed by atoms with Crippen molar-refractivity contribution < 1.29 is 4.90 Å². The van der Waals surface area contributed by atoms with E-state index in [0.717, 1.165) is 29.0 Å². The van der Waals surface area contributed by atoms with Crippen LogP contribution in [0.25, 0.3) is 11.4 Å². The third kappa shape index (κ3) is 4.18. The highest BCUT2D eigenvalue weighted by Crippen LogP contribution is 2.15. The molecule has 0 spiro atoms. The molecule has 0 aliphatic carbocycles. The largest absolute Gasteiger partial charge is 0.315 e. The Bertz CT molecular complexity index is 1170. The van der Waals surface area contributed by atoms with Crippen LogP contribution in [0, 0.1) is 18.6 Å². The Morgan fingerprint density at radius 3 is 2.62 bits per heavy atom. The zero-order valence-electron chi connectivity index (χ0n) is 16.8. The van der Waals surface area contributed by atoms with Crippen LogP contribution >= 0.6 is 12.2 Å². The number of quaternary nitrogens is 1. The normalized spacial score (nSPS) is 12.2. The average molecular weight is 407 g/mol. The number of aryl methyl sites for hydroxylation is 2. The lowest BCUT2D eigenvalue weighted by molar-refractivity contribution is -0.917. The number of nitrogens with zero attached hydrogens (tertiary/aromatic N) is 6. The molecule has 0 saturated heterocycles. The topological polar surface area (TPSA) is 57.9 Å². The van der Waals surface area contributed by atoms with E-state index in [0.29, 0.717) is 11.4 Å². The fourth-order valence-electron chi connectivity index (χ4n) is 3.31. The summed E-state index contributed by atoms with van der Waals surface area (Å²) >= 11 is 5.63. The molecule has 148 valence electrons. The third-order valence-electron chi connectivity index (χ3n) is 4.81. The number of tetrazole rings is 1. The van der Waals surface area contributed by atoms with Crippen LogP contribution in [0.4, 0.5) is 0 Å². The van der Waals surface area contributed by atoms with Gasteiger partial charge in [-0.15, -0.1) is 0 Å². The van der Waals surface area contributed by atoms with Crippen molar-refractivity contribution in [3.8, 4) is 11.4 Å². The molecule has 0 aliphatic heterocycles. The van der Waals surface area contributed by atoms with Gasteiger partial charge in [-0.3, -0.25) is 0 Å². The van der Waals surface area contributed by atoms with Crippen molar-refractivity contribution >= 4 is 12.2 Å². The summed E-state index contributed by atoms with van der Waals surface area (Å²) in [5, 5.41) is 13.0. The van der Waals surface area contributed by atoms with Gasteiger partial charge < -0.3 is 4.90 Å². The van der Waals surface area contributed by atoms with Crippen molar-refractivity contribution in [3.05, 3.63) is 82.4 Å². The summed E-state index contributed by atoms with van der Waals surface area (Å²) in [6, 6.07) is 16.3. The summed E-state index contributed by atoms with van der Waals surface area (Å²) in [5.74, 6) is 0. The molecule has 2 heterocycles. The fraction of sp³-hybridized carbons (Fsp3) is 0.238. The Kier molecular flexibility index (Phi) is 5.37. The van der Waals surface area contributed by atoms with Crippen LogP contribution in [0.1, 0.15) is 16.7 Å². The molecule has 0 amide bonds. The second-order valence-corrected chi connectivity index (χ2v) is 7.75. The Morgan fingerprint density at radius 2 is 1.83 bits per heavy atom. The summed E-state index contributed by atoms with van der Waals surface area (Å²) < 4.78 is 6.00. The van der Waals surface area contributed by atoms with Crippen LogP contribution in [-0.4, -0.2) is 36.6 Å². The van der Waals surface area contributed by atoms with E-state index >= 15 is 0 Å². The fourth-order valence-corrected chi connectivity index (χ4v) is 3.54. The highest BCUT2D eigenvalue weighted by molar-refractivity contribution is 7.71. The molecule has 4 aromatic rings. The second-order valence-electron chi connectivity index (χ2n) is 7.38. The van der Waals surface area contributed by atoms with Crippen LogP contribution in [-0.2, 0) is 13.2 Å². The molecule has 0 bridgehead atoms. The Morgan fingerprint density at radius 1 is 1.03 bits per heavy atom. The smallest absolute Gasteiger partial charge is 0.225 e. The summed E-state index contributed by atoms with van der Waals surface area (Å²) in [7, 11) is 2.11. The van der Waals surface area contributed by atoms with Crippen LogP contribution < -0.4 is 4.90 Å². The predicted octanol–water partition coefficient (Wildman–Crippen LogP) is 2.27. The van der Waals surface area contributed by atoms with Gasteiger partial charge in [-0.1, -0.05) is 30.3 Å². The number of hydrogen-bond donors (Lipinski definition) is 1. The van der Waals surface area contributed by atoms with Crippen LogP contribution in [0.5, 0.6) is 0 Å². The molecule has 0 radical (unpaired) electrons. The quantitative estimate of drug-likeness (QED) is 0.499. The lowest BCUT2D eigenvalue weighted by atomic mass is 10.1. The SMILES string of the molecule is Cc1ccc(C)c(-n2nnn(C[NH+](C)Cc3cnn(-c4ccccc4)c3)c2=S)c1. The van der Waals surface area contributed by atoms with E-state index in [1.807, 2.05) is 41.2 Å². The van der Waals surface area contributed by atoms with Gasteiger partial charge in [-0.25, -0.2) is 4.68 Å². The summed E-state index contributed by atoms with van der Waals surface area (Å²) in [4.78, 5) is 1.24. The number of aromatic nitrogens is 6. The van der Waals surface area contributed by atoms with Gasteiger partial charge in [0, 0.05) is 11.8 Å². The zero-order chi connectivity index (χ0) is 20.4. The van der Waals surface area contributed by atoms with Gasteiger partial charge in [0.1, 0.15) is 6.54 Å². The molecule has 2 aromatic carbocycles. The molecule has 0 aliphatic rings. The van der Waals surface area contributed by atoms with Crippen molar-refractivity contribution in [3.63, 3.8) is 0 Å². The van der Waals surface area contributed by atoms with Gasteiger partial charge in [0.15, 0.2) is 6.67 Å². The van der Waals surface area contributed by atoms with Crippen LogP contribution in [0.15, 0.2) is 60.9 Å². The highest BCUT2D eigenvalue weighted by atomic mass is 32.1. The molecule has 29 heavy (non-hydrogen) atoms. The van der Waals surface area contributed by atoms with Crippen molar-refractivity contribution in [2.75, 3.05) is 7.05 Å². The molecule has 4 rings (SSSR count). The molecular formula is C21H24N7S+. The molecule has 0 fully saturated rings. The minimum Gasteiger partial charge on any atom is -0.315 e. The lowest BCUT2D eigenvalue weighted by Crippen LogP contribution is -3.07. The molecule has 1 unspecified atom stereocenters. The van der Waals surface area contributed by atoms with Gasteiger partial charge >= 0.3 is 0 Å². The van der Waals surface area contributed by atoms with E-state index in [1.165, 1.54) is 10.5 Å². The van der Waals surface area contributed by atoms with Gasteiger partial charge in [0.25, 0.3) is 0 Å². The molecule has 1 N–H and O–H groups in total. The monoisotopic (exact) mass is 406 g/mol. The van der Waals surface area contributed by atoms with Gasteiger partial charge in [-0.05, 0) is 65.8 Å². The molecular weight excluding hydrogens is 382 g/mol. The number of para-hydroxylation sites is 1. The standard InChI is InChI=1S/C21H23N7S/c1-16-9-10-17(2)20(11-16)28-21(29)27(23-24-28)15-25(3)13-18-12-22-26(14-18)19-7-5-4-6-8-19/h4-12,14H,13,15H2,1-3H3/p+1. The van der Waals surface area contributed by atoms with E-state index < -0.39 is 0 Å². The van der Waals surface area contributed by atoms with Crippen molar-refractivity contribution in [1.29, 1.82) is 0 Å². The molecule has 8 heteroatoms.